The van der Waals surface area contributed by atoms with Gasteiger partial charge in [-0.15, -0.1) is 0 Å². The summed E-state index contributed by atoms with van der Waals surface area (Å²) in [4.78, 5) is 14.0. The summed E-state index contributed by atoms with van der Waals surface area (Å²) in [5, 5.41) is 0. The van der Waals surface area contributed by atoms with Crippen molar-refractivity contribution in [3.63, 3.8) is 0 Å². The summed E-state index contributed by atoms with van der Waals surface area (Å²) >= 11 is 0. The molecule has 0 aliphatic carbocycles. The normalized spacial score (nSPS) is 16.4. The van der Waals surface area contributed by atoms with Gasteiger partial charge in [0.05, 0.1) is 4.90 Å². The van der Waals surface area contributed by atoms with Crippen LogP contribution >= 0.6 is 0 Å². The highest BCUT2D eigenvalue weighted by Crippen LogP contribution is 2.21. The largest absolute Gasteiger partial charge is 0.296 e. The Kier molecular flexibility index (Phi) is 5.79. The van der Waals surface area contributed by atoms with Crippen molar-refractivity contribution in [2.24, 2.45) is 0 Å². The zero-order valence-electron chi connectivity index (χ0n) is 16.1. The number of sulfonamides is 1. The standard InChI is InChI=1S/C21H26N2O3S/c1-16-7-8-17(2)20(13-16)15-22-9-11-23(12-10-22)27(25,26)21-6-4-5-19(14-21)18(3)24/h4-8,13-14H,9-12,15H2,1-3H3. The molecule has 5 nitrogen and oxygen atoms in total. The first-order chi connectivity index (χ1) is 12.8. The Morgan fingerprint density at radius 1 is 1.00 bits per heavy atom. The van der Waals surface area contributed by atoms with Crippen molar-refractivity contribution in [3.05, 3.63) is 64.7 Å². The number of rotatable bonds is 5. The van der Waals surface area contributed by atoms with E-state index in [2.05, 4.69) is 36.9 Å². The molecule has 27 heavy (non-hydrogen) atoms. The van der Waals surface area contributed by atoms with Crippen LogP contribution in [0.1, 0.15) is 34.0 Å². The van der Waals surface area contributed by atoms with Gasteiger partial charge in [-0.2, -0.15) is 4.31 Å². The molecule has 0 N–H and O–H groups in total. The molecule has 2 aromatic carbocycles. The van der Waals surface area contributed by atoms with Crippen LogP contribution in [0.5, 0.6) is 0 Å². The molecule has 0 saturated carbocycles. The molecule has 3 rings (SSSR count). The van der Waals surface area contributed by atoms with Gasteiger partial charge in [-0.25, -0.2) is 8.42 Å². The number of ketones is 1. The van der Waals surface area contributed by atoms with E-state index in [1.54, 1.807) is 18.2 Å². The van der Waals surface area contributed by atoms with Crippen LogP contribution in [0.2, 0.25) is 0 Å². The molecule has 144 valence electrons. The van der Waals surface area contributed by atoms with Crippen molar-refractivity contribution < 1.29 is 13.2 Å². The summed E-state index contributed by atoms with van der Waals surface area (Å²) in [6.07, 6.45) is 0. The van der Waals surface area contributed by atoms with Gasteiger partial charge in [-0.3, -0.25) is 9.69 Å². The molecule has 0 bridgehead atoms. The van der Waals surface area contributed by atoms with E-state index in [-0.39, 0.29) is 10.7 Å². The van der Waals surface area contributed by atoms with E-state index in [9.17, 15) is 13.2 Å². The maximum absolute atomic E-state index is 12.9. The second-order valence-corrected chi connectivity index (χ2v) is 9.13. The Morgan fingerprint density at radius 2 is 1.70 bits per heavy atom. The molecule has 0 unspecified atom stereocenters. The van der Waals surface area contributed by atoms with E-state index in [0.717, 1.165) is 6.54 Å². The first-order valence-electron chi connectivity index (χ1n) is 9.17. The molecule has 1 fully saturated rings. The number of carbonyl (C=O) groups excluding carboxylic acids is 1. The highest BCUT2D eigenvalue weighted by molar-refractivity contribution is 7.89. The van der Waals surface area contributed by atoms with Crippen LogP contribution < -0.4 is 0 Å². The van der Waals surface area contributed by atoms with E-state index in [0.29, 0.717) is 31.7 Å². The first-order valence-corrected chi connectivity index (χ1v) is 10.6. The van der Waals surface area contributed by atoms with Crippen LogP contribution in [0.25, 0.3) is 0 Å². The van der Waals surface area contributed by atoms with Crippen LogP contribution in [0, 0.1) is 13.8 Å². The van der Waals surface area contributed by atoms with Gasteiger partial charge in [-0.05, 0) is 44.0 Å². The van der Waals surface area contributed by atoms with Crippen molar-refractivity contribution >= 4 is 15.8 Å². The SMILES string of the molecule is CC(=O)c1cccc(S(=O)(=O)N2CCN(Cc3cc(C)ccc3C)CC2)c1. The second-order valence-electron chi connectivity index (χ2n) is 7.19. The van der Waals surface area contributed by atoms with Crippen LogP contribution in [-0.2, 0) is 16.6 Å². The van der Waals surface area contributed by atoms with Gasteiger partial charge in [0.2, 0.25) is 10.0 Å². The Morgan fingerprint density at radius 3 is 2.37 bits per heavy atom. The van der Waals surface area contributed by atoms with Gasteiger partial charge in [0.1, 0.15) is 0 Å². The number of carbonyl (C=O) groups is 1. The fourth-order valence-electron chi connectivity index (χ4n) is 3.36. The number of hydrogen-bond donors (Lipinski definition) is 0. The summed E-state index contributed by atoms with van der Waals surface area (Å²) in [5.41, 5.74) is 4.21. The monoisotopic (exact) mass is 386 g/mol. The molecule has 1 aliphatic heterocycles. The molecule has 1 heterocycles. The number of piperazine rings is 1. The zero-order valence-corrected chi connectivity index (χ0v) is 16.9. The Hall–Kier alpha value is -2.02. The third-order valence-corrected chi connectivity index (χ3v) is 7.00. The fourth-order valence-corrected chi connectivity index (χ4v) is 4.83. The van der Waals surface area contributed by atoms with E-state index in [1.165, 1.54) is 34.0 Å². The third-order valence-electron chi connectivity index (χ3n) is 5.11. The van der Waals surface area contributed by atoms with Crippen LogP contribution in [0.15, 0.2) is 47.4 Å². The van der Waals surface area contributed by atoms with Crippen LogP contribution in [0.4, 0.5) is 0 Å². The van der Waals surface area contributed by atoms with E-state index < -0.39 is 10.0 Å². The van der Waals surface area contributed by atoms with Crippen molar-refractivity contribution in [3.8, 4) is 0 Å². The molecule has 0 aromatic heterocycles. The molecule has 0 atom stereocenters. The minimum Gasteiger partial charge on any atom is -0.296 e. The molecule has 1 aliphatic rings. The average Bonchev–Trinajstić information content (AvgIpc) is 2.65. The van der Waals surface area contributed by atoms with Crippen molar-refractivity contribution in [1.29, 1.82) is 0 Å². The Labute approximate surface area is 161 Å². The molecule has 6 heteroatoms. The lowest BCUT2D eigenvalue weighted by molar-refractivity contribution is 0.101. The number of aryl methyl sites for hydroxylation is 2. The third kappa shape index (κ3) is 4.46. The summed E-state index contributed by atoms with van der Waals surface area (Å²) in [6.45, 7) is 8.77. The number of benzene rings is 2. The maximum atomic E-state index is 12.9. The lowest BCUT2D eigenvalue weighted by Crippen LogP contribution is -2.48. The van der Waals surface area contributed by atoms with Crippen LogP contribution in [0.3, 0.4) is 0 Å². The quantitative estimate of drug-likeness (QED) is 0.741. The van der Waals surface area contributed by atoms with Crippen molar-refractivity contribution in [2.75, 3.05) is 26.2 Å². The Balaban J connectivity index is 1.68. The van der Waals surface area contributed by atoms with E-state index >= 15 is 0 Å². The van der Waals surface area contributed by atoms with Gasteiger partial charge in [0, 0.05) is 38.3 Å². The van der Waals surface area contributed by atoms with Crippen molar-refractivity contribution in [1.82, 2.24) is 9.21 Å². The lowest BCUT2D eigenvalue weighted by atomic mass is 10.1. The van der Waals surface area contributed by atoms with Gasteiger partial charge in [0.15, 0.2) is 5.78 Å². The summed E-state index contributed by atoms with van der Waals surface area (Å²) in [5.74, 6) is -0.134. The first kappa shape index (κ1) is 19.7. The molecule has 0 spiro atoms. The number of Topliss-reactive ketones (excluding diaryl/α,β-unsaturated/α-hetero) is 1. The molecule has 1 saturated heterocycles. The average molecular weight is 387 g/mol. The molecule has 0 radical (unpaired) electrons. The van der Waals surface area contributed by atoms with Gasteiger partial charge in [-0.1, -0.05) is 35.9 Å². The van der Waals surface area contributed by atoms with Crippen LogP contribution in [-0.4, -0.2) is 49.6 Å². The smallest absolute Gasteiger partial charge is 0.243 e. The van der Waals surface area contributed by atoms with Gasteiger partial charge >= 0.3 is 0 Å². The molecular weight excluding hydrogens is 360 g/mol. The number of hydrogen-bond acceptors (Lipinski definition) is 4. The minimum atomic E-state index is -3.57. The molecule has 0 amide bonds. The summed E-state index contributed by atoms with van der Waals surface area (Å²) < 4.78 is 27.4. The zero-order chi connectivity index (χ0) is 19.6. The van der Waals surface area contributed by atoms with Crippen molar-refractivity contribution in [2.45, 2.75) is 32.2 Å². The second kappa shape index (κ2) is 7.92. The van der Waals surface area contributed by atoms with Gasteiger partial charge in [0.25, 0.3) is 0 Å². The maximum Gasteiger partial charge on any atom is 0.243 e. The number of nitrogens with zero attached hydrogens (tertiary/aromatic N) is 2. The summed E-state index contributed by atoms with van der Waals surface area (Å²) in [6, 6.07) is 12.7. The topological polar surface area (TPSA) is 57.7 Å². The highest BCUT2D eigenvalue weighted by atomic mass is 32.2. The highest BCUT2D eigenvalue weighted by Gasteiger charge is 2.28. The minimum absolute atomic E-state index is 0.134. The Bertz CT molecular complexity index is 946. The van der Waals surface area contributed by atoms with E-state index in [4.69, 9.17) is 0 Å². The predicted molar refractivity (Wildman–Crippen MR) is 106 cm³/mol. The summed E-state index contributed by atoms with van der Waals surface area (Å²) in [7, 11) is -3.57. The lowest BCUT2D eigenvalue weighted by Gasteiger charge is -2.34. The molecular formula is C21H26N2O3S. The fraction of sp³-hybridized carbons (Fsp3) is 0.381. The van der Waals surface area contributed by atoms with E-state index in [1.807, 2.05) is 0 Å². The molecule has 2 aromatic rings. The predicted octanol–water partition coefficient (Wildman–Crippen LogP) is 3.01. The van der Waals surface area contributed by atoms with Gasteiger partial charge < -0.3 is 0 Å².